The van der Waals surface area contributed by atoms with E-state index in [1.807, 2.05) is 59.4 Å². The molecule has 5 saturated heterocycles. The van der Waals surface area contributed by atoms with Gasteiger partial charge in [0.25, 0.3) is 0 Å². The van der Waals surface area contributed by atoms with Crippen LogP contribution in [0.2, 0.25) is 0 Å². The Hall–Kier alpha value is -1.07. The maximum Gasteiger partial charge on any atom is 0.0943 e. The molecule has 0 aromatic carbocycles. The van der Waals surface area contributed by atoms with Crippen molar-refractivity contribution >= 4 is 0 Å². The van der Waals surface area contributed by atoms with Gasteiger partial charge in [-0.25, -0.2) is 4.98 Å². The molecule has 0 atom stereocenters. The van der Waals surface area contributed by atoms with E-state index in [1.165, 1.54) is 110 Å². The number of piperidine rings is 2. The van der Waals surface area contributed by atoms with Crippen LogP contribution < -0.4 is 0 Å². The van der Waals surface area contributed by atoms with Crippen LogP contribution >= 0.6 is 0 Å². The molecule has 6 heterocycles. The fraction of sp³-hybridized carbons (Fsp3) is 0.927. The number of rotatable bonds is 0. The molecule has 5 aliphatic heterocycles. The Balaban J connectivity index is -0.000000156. The Morgan fingerprint density at radius 3 is 0.980 bits per heavy atom. The molecule has 6 rings (SSSR count). The highest BCUT2D eigenvalue weighted by atomic mass is 16.5. The van der Waals surface area contributed by atoms with Crippen molar-refractivity contribution in [3.05, 3.63) is 18.7 Å². The number of likely N-dealkylation sites (N-methyl/N-ethyl adjacent to an activating group) is 3. The van der Waals surface area contributed by atoms with Crippen molar-refractivity contribution in [3.63, 3.8) is 0 Å². The van der Waals surface area contributed by atoms with Crippen LogP contribution in [0.4, 0.5) is 0 Å². The van der Waals surface area contributed by atoms with Crippen molar-refractivity contribution in [3.8, 4) is 0 Å². The van der Waals surface area contributed by atoms with Crippen molar-refractivity contribution in [2.75, 3.05) is 134 Å². The summed E-state index contributed by atoms with van der Waals surface area (Å²) < 4.78 is 6.99. The normalized spacial score (nSPS) is 20.0. The summed E-state index contributed by atoms with van der Waals surface area (Å²) in [6.07, 6.45) is 15.3. The van der Waals surface area contributed by atoms with E-state index in [9.17, 15) is 0 Å². The lowest BCUT2D eigenvalue weighted by Crippen LogP contribution is -2.42. The molecule has 5 aliphatic rings. The van der Waals surface area contributed by atoms with Crippen LogP contribution in [0.25, 0.3) is 0 Å². The molecule has 0 bridgehead atoms. The van der Waals surface area contributed by atoms with Crippen LogP contribution in [0.5, 0.6) is 0 Å². The molecule has 0 N–H and O–H groups in total. The van der Waals surface area contributed by atoms with Gasteiger partial charge in [0.15, 0.2) is 0 Å². The number of piperazine rings is 1. The molecule has 9 nitrogen and oxygen atoms in total. The van der Waals surface area contributed by atoms with E-state index in [2.05, 4.69) is 83.6 Å². The van der Waals surface area contributed by atoms with Gasteiger partial charge in [0, 0.05) is 58.7 Å². The van der Waals surface area contributed by atoms with Gasteiger partial charge in [0.05, 0.1) is 19.5 Å². The van der Waals surface area contributed by atoms with Gasteiger partial charge in [-0.3, -0.25) is 0 Å². The van der Waals surface area contributed by atoms with E-state index in [0.717, 1.165) is 32.2 Å². The lowest BCUT2D eigenvalue weighted by molar-refractivity contribution is 0.0503. The summed E-state index contributed by atoms with van der Waals surface area (Å²) in [5.74, 6) is 0.978. The molecule has 1 aromatic heterocycles. The second-order valence-corrected chi connectivity index (χ2v) is 13.1. The van der Waals surface area contributed by atoms with Crippen LogP contribution in [-0.4, -0.2) is 173 Å². The fourth-order valence-electron chi connectivity index (χ4n) is 4.95. The molecular weight excluding hydrogens is 621 g/mol. The predicted octanol–water partition coefficient (Wildman–Crippen LogP) is 7.75. The summed E-state index contributed by atoms with van der Waals surface area (Å²) in [7, 11) is 15.0. The van der Waals surface area contributed by atoms with Crippen LogP contribution in [0.15, 0.2) is 18.7 Å². The third-order valence-corrected chi connectivity index (χ3v) is 8.51. The van der Waals surface area contributed by atoms with E-state index >= 15 is 0 Å². The highest BCUT2D eigenvalue weighted by Crippen LogP contribution is 2.13. The van der Waals surface area contributed by atoms with Crippen molar-refractivity contribution < 1.29 is 4.74 Å². The lowest BCUT2D eigenvalue weighted by Gasteiger charge is -2.28. The van der Waals surface area contributed by atoms with Gasteiger partial charge in [-0.15, -0.1) is 0 Å². The first-order chi connectivity index (χ1) is 23.2. The summed E-state index contributed by atoms with van der Waals surface area (Å²) in [5.41, 5.74) is 0. The zero-order chi connectivity index (χ0) is 37.0. The molecule has 0 unspecified atom stereocenters. The van der Waals surface area contributed by atoms with Crippen LogP contribution in [-0.2, 0) is 11.8 Å². The minimum Gasteiger partial charge on any atom is -0.379 e. The molecule has 306 valence electrons. The fourth-order valence-corrected chi connectivity index (χ4v) is 4.95. The first-order valence-corrected chi connectivity index (χ1v) is 19.8. The number of aryl methyl sites for hydroxylation is 1. The number of likely N-dealkylation sites (tertiary alicyclic amines) is 3. The van der Waals surface area contributed by atoms with E-state index < -0.39 is 0 Å². The number of imidazole rings is 1. The molecule has 0 spiro atoms. The van der Waals surface area contributed by atoms with Gasteiger partial charge < -0.3 is 38.7 Å². The van der Waals surface area contributed by atoms with Gasteiger partial charge in [-0.05, 0) is 126 Å². The number of hydrogen-bond acceptors (Lipinski definition) is 8. The standard InChI is InChI=1S/C7H15N.C6H14N2.C6H13N.C5H11NO.C5H11N.C4H6N2.3C2H6.2CH4/c2*1-7-3-5-8(2)6-4-7;1-7-5-3-2-4-6-7;1-6-2-4-7-5-3-6;1-6-4-2-3-5-6;1-6-3-2-5-4-6;3*1-2;;/h7H,3-6H2,1-2H3;3-6H2,1-2H3;2-6H2,1H3;2-5H2,1H3;2-5H2,1H3;2-4H,1H3;3*1-2H3;2*1H4. The molecular formula is C41H96N8O. The Kier molecular flexibility index (Phi) is 51.4. The number of ether oxygens (including phenoxy) is 1. The monoisotopic (exact) mass is 717 g/mol. The van der Waals surface area contributed by atoms with E-state index in [4.69, 9.17) is 4.74 Å². The zero-order valence-electron chi connectivity index (χ0n) is 35.1. The van der Waals surface area contributed by atoms with Crippen LogP contribution in [0, 0.1) is 5.92 Å². The predicted molar refractivity (Wildman–Crippen MR) is 228 cm³/mol. The largest absolute Gasteiger partial charge is 0.379 e. The molecule has 0 radical (unpaired) electrons. The summed E-state index contributed by atoms with van der Waals surface area (Å²) in [6, 6.07) is 0. The third kappa shape index (κ3) is 41.4. The third-order valence-electron chi connectivity index (χ3n) is 8.51. The van der Waals surface area contributed by atoms with Crippen molar-refractivity contribution in [2.24, 2.45) is 13.0 Å². The zero-order valence-corrected chi connectivity index (χ0v) is 35.1. The Morgan fingerprint density at radius 1 is 0.460 bits per heavy atom. The maximum absolute atomic E-state index is 5.10. The average molecular weight is 717 g/mol. The first kappa shape index (κ1) is 58.2. The quantitative estimate of drug-likeness (QED) is 0.270. The summed E-state index contributed by atoms with van der Waals surface area (Å²) >= 11 is 0. The number of nitrogens with zero attached hydrogens (tertiary/aromatic N) is 8. The second kappa shape index (κ2) is 44.1. The minimum atomic E-state index is 0. The summed E-state index contributed by atoms with van der Waals surface area (Å²) in [4.78, 5) is 17.9. The van der Waals surface area contributed by atoms with Gasteiger partial charge in [0.2, 0.25) is 0 Å². The van der Waals surface area contributed by atoms with Crippen molar-refractivity contribution in [1.29, 1.82) is 0 Å². The van der Waals surface area contributed by atoms with E-state index in [1.54, 1.807) is 12.5 Å². The topological polar surface area (TPSA) is 46.5 Å². The smallest absolute Gasteiger partial charge is 0.0943 e. The lowest BCUT2D eigenvalue weighted by atomic mass is 10.00. The molecule has 0 aliphatic carbocycles. The molecule has 50 heavy (non-hydrogen) atoms. The average Bonchev–Trinajstić information content (AvgIpc) is 3.82. The highest BCUT2D eigenvalue weighted by molar-refractivity contribution is 4.70. The second-order valence-electron chi connectivity index (χ2n) is 13.1. The Morgan fingerprint density at radius 2 is 0.780 bits per heavy atom. The van der Waals surface area contributed by atoms with Crippen molar-refractivity contribution in [1.82, 2.24) is 39.0 Å². The minimum absolute atomic E-state index is 0. The summed E-state index contributed by atoms with van der Waals surface area (Å²) in [6.45, 7) is 31.2. The van der Waals surface area contributed by atoms with E-state index in [-0.39, 0.29) is 14.9 Å². The number of aromatic nitrogens is 2. The Bertz CT molecular complexity index is 619. The number of hydrogen-bond donors (Lipinski definition) is 0. The summed E-state index contributed by atoms with van der Waals surface area (Å²) in [5, 5.41) is 0. The highest BCUT2D eigenvalue weighted by Gasteiger charge is 2.11. The molecule has 5 fully saturated rings. The van der Waals surface area contributed by atoms with Gasteiger partial charge in [-0.1, -0.05) is 69.7 Å². The van der Waals surface area contributed by atoms with Crippen LogP contribution in [0.3, 0.4) is 0 Å². The maximum atomic E-state index is 5.10. The molecule has 0 amide bonds. The van der Waals surface area contributed by atoms with Gasteiger partial charge in [-0.2, -0.15) is 0 Å². The van der Waals surface area contributed by atoms with Crippen LogP contribution in [0.1, 0.15) is 108 Å². The Labute approximate surface area is 317 Å². The van der Waals surface area contributed by atoms with Crippen molar-refractivity contribution in [2.45, 2.75) is 108 Å². The molecule has 9 heteroatoms. The molecule has 1 aromatic rings. The number of morpholine rings is 1. The van der Waals surface area contributed by atoms with Gasteiger partial charge in [0.1, 0.15) is 0 Å². The molecule has 0 saturated carbocycles. The SMILES string of the molecule is C.C.CC.CC.CC.CC1CCN(C)CC1.CN1CCCC1.CN1CCCCC1.CN1CCN(C)CC1.CN1CCOCC1.Cn1ccnc1. The first-order valence-electron chi connectivity index (χ1n) is 19.8. The van der Waals surface area contributed by atoms with E-state index in [0.29, 0.717) is 0 Å². The van der Waals surface area contributed by atoms with Gasteiger partial charge >= 0.3 is 0 Å².